The maximum Gasteiger partial charge on any atom is 0.316 e. The number of hydrogen-bond acceptors (Lipinski definition) is 5. The van der Waals surface area contributed by atoms with Crippen molar-refractivity contribution in [2.75, 3.05) is 27.2 Å². The number of likely N-dealkylation sites (N-methyl/N-ethyl adjacent to an activating group) is 1. The molecule has 17 heavy (non-hydrogen) atoms. The zero-order valence-electron chi connectivity index (χ0n) is 9.96. The van der Waals surface area contributed by atoms with E-state index < -0.39 is 0 Å². The normalized spacial score (nSPS) is 10.8. The predicted octanol–water partition coefficient (Wildman–Crippen LogP) is 2.15. The molecule has 0 saturated heterocycles. The summed E-state index contributed by atoms with van der Waals surface area (Å²) in [6.07, 6.45) is 1.73. The topological polar surface area (TPSA) is 38.2 Å². The van der Waals surface area contributed by atoms with Crippen LogP contribution in [-0.2, 0) is 0 Å². The molecule has 0 saturated carbocycles. The number of ether oxygens (including phenoxy) is 1. The zero-order valence-corrected chi connectivity index (χ0v) is 10.8. The average molecular weight is 249 g/mol. The lowest BCUT2D eigenvalue weighted by atomic mass is 10.2. The van der Waals surface area contributed by atoms with Crippen LogP contribution >= 0.6 is 11.3 Å². The summed E-state index contributed by atoms with van der Waals surface area (Å²) in [6, 6.07) is 4.37. The number of hydrogen-bond donors (Lipinski definition) is 0. The third-order valence-corrected chi connectivity index (χ3v) is 2.90. The molecule has 2 aromatic heterocycles. The minimum absolute atomic E-state index is 0.440. The molecule has 0 aromatic carbocycles. The molecule has 0 aliphatic heterocycles. The molecule has 0 aliphatic rings. The van der Waals surface area contributed by atoms with Gasteiger partial charge in [0.15, 0.2) is 0 Å². The Hall–Kier alpha value is -1.46. The van der Waals surface area contributed by atoms with Gasteiger partial charge in [-0.2, -0.15) is 16.3 Å². The highest BCUT2D eigenvalue weighted by atomic mass is 32.1. The molecular formula is C12H15N3OS. The average Bonchev–Trinajstić information content (AvgIpc) is 2.82. The van der Waals surface area contributed by atoms with E-state index in [2.05, 4.69) is 20.2 Å². The lowest BCUT2D eigenvalue weighted by Crippen LogP contribution is -2.20. The maximum atomic E-state index is 5.50. The molecule has 2 aromatic rings. The molecule has 0 atom stereocenters. The van der Waals surface area contributed by atoms with Crippen LogP contribution in [0, 0.1) is 0 Å². The first kappa shape index (κ1) is 12.0. The van der Waals surface area contributed by atoms with E-state index >= 15 is 0 Å². The van der Waals surface area contributed by atoms with E-state index in [9.17, 15) is 0 Å². The second-order valence-electron chi connectivity index (χ2n) is 3.89. The highest BCUT2D eigenvalue weighted by Gasteiger charge is 2.03. The van der Waals surface area contributed by atoms with Crippen LogP contribution in [0.2, 0.25) is 0 Å². The molecule has 0 bridgehead atoms. The van der Waals surface area contributed by atoms with Gasteiger partial charge in [0.25, 0.3) is 0 Å². The van der Waals surface area contributed by atoms with Gasteiger partial charge < -0.3 is 9.64 Å². The lowest BCUT2D eigenvalue weighted by Gasteiger charge is -2.09. The van der Waals surface area contributed by atoms with Gasteiger partial charge in [0.2, 0.25) is 0 Å². The second kappa shape index (κ2) is 5.75. The summed E-state index contributed by atoms with van der Waals surface area (Å²) in [5, 5.41) is 4.09. The van der Waals surface area contributed by atoms with Gasteiger partial charge in [0.1, 0.15) is 6.61 Å². The Morgan fingerprint density at radius 3 is 2.94 bits per heavy atom. The molecule has 5 heteroatoms. The summed E-state index contributed by atoms with van der Waals surface area (Å²) in [5.41, 5.74) is 2.01. The van der Waals surface area contributed by atoms with Crippen LogP contribution in [0.15, 0.2) is 29.1 Å². The summed E-state index contributed by atoms with van der Waals surface area (Å²) in [5.74, 6) is 0. The van der Waals surface area contributed by atoms with Crippen molar-refractivity contribution in [2.24, 2.45) is 0 Å². The Labute approximate surface area is 105 Å². The Bertz CT molecular complexity index is 457. The van der Waals surface area contributed by atoms with Crippen molar-refractivity contribution in [1.29, 1.82) is 0 Å². The zero-order chi connectivity index (χ0) is 12.1. The SMILES string of the molecule is CN(C)CCOc1nccc(-c2ccsc2)n1. The quantitative estimate of drug-likeness (QED) is 0.814. The highest BCUT2D eigenvalue weighted by molar-refractivity contribution is 7.08. The Morgan fingerprint density at radius 1 is 1.35 bits per heavy atom. The van der Waals surface area contributed by atoms with E-state index in [1.165, 1.54) is 0 Å². The summed E-state index contributed by atoms with van der Waals surface area (Å²) < 4.78 is 5.50. The van der Waals surface area contributed by atoms with Gasteiger partial charge in [0.05, 0.1) is 5.69 Å². The third-order valence-electron chi connectivity index (χ3n) is 2.22. The van der Waals surface area contributed by atoms with Crippen LogP contribution in [0.1, 0.15) is 0 Å². The van der Waals surface area contributed by atoms with Crippen LogP contribution in [-0.4, -0.2) is 42.1 Å². The molecular weight excluding hydrogens is 234 g/mol. The third kappa shape index (κ3) is 3.51. The highest BCUT2D eigenvalue weighted by Crippen LogP contribution is 2.20. The fourth-order valence-electron chi connectivity index (χ4n) is 1.30. The van der Waals surface area contributed by atoms with Gasteiger partial charge in [-0.15, -0.1) is 0 Å². The van der Waals surface area contributed by atoms with Gasteiger partial charge in [-0.25, -0.2) is 4.98 Å². The molecule has 0 N–H and O–H groups in total. The first-order chi connectivity index (χ1) is 8.25. The molecule has 0 radical (unpaired) electrons. The van der Waals surface area contributed by atoms with Gasteiger partial charge in [-0.1, -0.05) is 0 Å². The monoisotopic (exact) mass is 249 g/mol. The van der Waals surface area contributed by atoms with Crippen LogP contribution < -0.4 is 4.74 Å². The summed E-state index contributed by atoms with van der Waals surface area (Å²) >= 11 is 1.65. The lowest BCUT2D eigenvalue weighted by molar-refractivity contribution is 0.245. The van der Waals surface area contributed by atoms with Gasteiger partial charge in [-0.05, 0) is 31.6 Å². The molecule has 0 aliphatic carbocycles. The Balaban J connectivity index is 2.02. The molecule has 2 heterocycles. The van der Waals surface area contributed by atoms with E-state index in [4.69, 9.17) is 4.74 Å². The van der Waals surface area contributed by atoms with Gasteiger partial charge in [-0.3, -0.25) is 0 Å². The van der Waals surface area contributed by atoms with Crippen molar-refractivity contribution in [2.45, 2.75) is 0 Å². The van der Waals surface area contributed by atoms with Crippen LogP contribution in [0.25, 0.3) is 11.3 Å². The van der Waals surface area contributed by atoms with E-state index in [0.29, 0.717) is 12.6 Å². The van der Waals surface area contributed by atoms with Gasteiger partial charge >= 0.3 is 6.01 Å². The molecule has 4 nitrogen and oxygen atoms in total. The Kier molecular flexibility index (Phi) is 4.06. The molecule has 0 amide bonds. The van der Waals surface area contributed by atoms with E-state index in [1.807, 2.05) is 31.6 Å². The van der Waals surface area contributed by atoms with Crippen molar-refractivity contribution in [3.8, 4) is 17.3 Å². The van der Waals surface area contributed by atoms with Crippen LogP contribution in [0.4, 0.5) is 0 Å². The summed E-state index contributed by atoms with van der Waals surface area (Å²) in [4.78, 5) is 10.5. The number of thiophene rings is 1. The molecule has 2 rings (SSSR count). The first-order valence-corrected chi connectivity index (χ1v) is 6.33. The van der Waals surface area contributed by atoms with Crippen molar-refractivity contribution < 1.29 is 4.74 Å². The molecule has 90 valence electrons. The maximum absolute atomic E-state index is 5.50. The van der Waals surface area contributed by atoms with E-state index in [-0.39, 0.29) is 0 Å². The van der Waals surface area contributed by atoms with Crippen molar-refractivity contribution >= 4 is 11.3 Å². The second-order valence-corrected chi connectivity index (χ2v) is 4.67. The van der Waals surface area contributed by atoms with Crippen LogP contribution in [0.5, 0.6) is 6.01 Å². The number of aromatic nitrogens is 2. The smallest absolute Gasteiger partial charge is 0.316 e. The molecule has 0 fully saturated rings. The molecule has 0 spiro atoms. The summed E-state index contributed by atoms with van der Waals surface area (Å²) in [6.45, 7) is 1.45. The van der Waals surface area contributed by atoms with Crippen molar-refractivity contribution in [1.82, 2.24) is 14.9 Å². The van der Waals surface area contributed by atoms with Crippen molar-refractivity contribution in [3.05, 3.63) is 29.1 Å². The predicted molar refractivity (Wildman–Crippen MR) is 69.4 cm³/mol. The number of rotatable bonds is 5. The number of nitrogens with zero attached hydrogens (tertiary/aromatic N) is 3. The first-order valence-electron chi connectivity index (χ1n) is 5.39. The standard InChI is InChI=1S/C12H15N3OS/c1-15(2)6-7-16-12-13-5-3-11(14-12)10-4-8-17-9-10/h3-5,8-9H,6-7H2,1-2H3. The van der Waals surface area contributed by atoms with Crippen LogP contribution in [0.3, 0.4) is 0 Å². The molecule has 0 unspecified atom stereocenters. The van der Waals surface area contributed by atoms with Gasteiger partial charge in [0, 0.05) is 23.7 Å². The fourth-order valence-corrected chi connectivity index (χ4v) is 1.95. The Morgan fingerprint density at radius 2 is 2.24 bits per heavy atom. The van der Waals surface area contributed by atoms with E-state index in [1.54, 1.807) is 17.5 Å². The fraction of sp³-hybridized carbons (Fsp3) is 0.333. The summed E-state index contributed by atoms with van der Waals surface area (Å²) in [7, 11) is 4.01. The largest absolute Gasteiger partial charge is 0.462 e. The van der Waals surface area contributed by atoms with Crippen molar-refractivity contribution in [3.63, 3.8) is 0 Å². The minimum Gasteiger partial charge on any atom is -0.462 e. The van der Waals surface area contributed by atoms with E-state index in [0.717, 1.165) is 17.8 Å². The minimum atomic E-state index is 0.440.